The van der Waals surface area contributed by atoms with Crippen LogP contribution < -0.4 is 5.32 Å². The number of hydrogen-bond donors (Lipinski definition) is 1. The number of aromatic nitrogens is 2. The van der Waals surface area contributed by atoms with Crippen molar-refractivity contribution in [1.82, 2.24) is 15.5 Å². The van der Waals surface area contributed by atoms with Crippen LogP contribution in [0.4, 0.5) is 4.39 Å². The molecule has 0 fully saturated rings. The first kappa shape index (κ1) is 12.6. The Bertz CT molecular complexity index is 587. The van der Waals surface area contributed by atoms with Crippen LogP contribution in [0.2, 0.25) is 0 Å². The van der Waals surface area contributed by atoms with Gasteiger partial charge in [-0.2, -0.15) is 4.98 Å². The van der Waals surface area contributed by atoms with E-state index < -0.39 is 0 Å². The van der Waals surface area contributed by atoms with Crippen molar-refractivity contribution in [3.05, 3.63) is 41.3 Å². The lowest BCUT2D eigenvalue weighted by Crippen LogP contribution is -2.25. The van der Waals surface area contributed by atoms with E-state index in [9.17, 15) is 4.39 Å². The predicted octanol–water partition coefficient (Wildman–Crippen LogP) is 2.84. The van der Waals surface area contributed by atoms with Gasteiger partial charge in [-0.25, -0.2) is 4.39 Å². The van der Waals surface area contributed by atoms with Gasteiger partial charge in [0.1, 0.15) is 5.82 Å². The minimum atomic E-state index is -0.135. The Hall–Kier alpha value is -1.40. The van der Waals surface area contributed by atoms with Crippen molar-refractivity contribution >= 4 is 11.8 Å². The van der Waals surface area contributed by atoms with E-state index in [1.165, 1.54) is 6.07 Å². The zero-order valence-corrected chi connectivity index (χ0v) is 11.3. The Morgan fingerprint density at radius 3 is 3.21 bits per heavy atom. The third-order valence-corrected chi connectivity index (χ3v) is 4.26. The highest BCUT2D eigenvalue weighted by Gasteiger charge is 2.23. The van der Waals surface area contributed by atoms with E-state index in [0.29, 0.717) is 18.3 Å². The number of benzene rings is 1. The Balaban J connectivity index is 1.75. The molecular formula is C13H14FN3OS. The van der Waals surface area contributed by atoms with Crippen LogP contribution in [0.1, 0.15) is 29.7 Å². The molecule has 0 saturated carbocycles. The Morgan fingerprint density at radius 2 is 2.42 bits per heavy atom. The summed E-state index contributed by atoms with van der Waals surface area (Å²) in [6.07, 6.45) is 0.970. The molecule has 100 valence electrons. The second-order valence-electron chi connectivity index (χ2n) is 4.46. The maximum atomic E-state index is 13.7. The summed E-state index contributed by atoms with van der Waals surface area (Å²) < 4.78 is 18.7. The van der Waals surface area contributed by atoms with Crippen molar-refractivity contribution < 1.29 is 8.91 Å². The third-order valence-electron chi connectivity index (χ3n) is 3.10. The van der Waals surface area contributed by atoms with Gasteiger partial charge in [0, 0.05) is 17.9 Å². The first-order chi connectivity index (χ1) is 9.24. The van der Waals surface area contributed by atoms with Crippen LogP contribution in [-0.2, 0) is 6.54 Å². The predicted molar refractivity (Wildman–Crippen MR) is 70.4 cm³/mol. The van der Waals surface area contributed by atoms with Crippen LogP contribution in [0.3, 0.4) is 0 Å². The lowest BCUT2D eigenvalue weighted by Gasteiger charge is -2.25. The van der Waals surface area contributed by atoms with Crippen molar-refractivity contribution in [2.75, 3.05) is 5.75 Å². The second kappa shape index (κ2) is 5.30. The second-order valence-corrected chi connectivity index (χ2v) is 5.56. The standard InChI is InChI=1S/C13H14FN3OS/c1-8-16-12(17-18-8)7-15-11-5-6-19-13-9(11)3-2-4-10(13)14/h2-4,11,15H,5-7H2,1H3. The molecule has 1 aliphatic rings. The fraction of sp³-hybridized carbons (Fsp3) is 0.385. The molecule has 6 heteroatoms. The highest BCUT2D eigenvalue weighted by molar-refractivity contribution is 7.99. The number of hydrogen-bond acceptors (Lipinski definition) is 5. The molecule has 0 bridgehead atoms. The largest absolute Gasteiger partial charge is 0.340 e. The van der Waals surface area contributed by atoms with Gasteiger partial charge in [0.25, 0.3) is 0 Å². The minimum absolute atomic E-state index is 0.135. The van der Waals surface area contributed by atoms with Gasteiger partial charge in [0.05, 0.1) is 6.54 Å². The van der Waals surface area contributed by atoms with Gasteiger partial charge in [-0.15, -0.1) is 11.8 Å². The summed E-state index contributed by atoms with van der Waals surface area (Å²) in [5, 5.41) is 7.22. The van der Waals surface area contributed by atoms with Gasteiger partial charge in [-0.1, -0.05) is 17.3 Å². The molecular weight excluding hydrogens is 265 g/mol. The van der Waals surface area contributed by atoms with E-state index in [1.807, 2.05) is 6.07 Å². The molecule has 2 heterocycles. The molecule has 19 heavy (non-hydrogen) atoms. The van der Waals surface area contributed by atoms with Gasteiger partial charge in [-0.05, 0) is 23.8 Å². The van der Waals surface area contributed by atoms with Gasteiger partial charge in [0.2, 0.25) is 5.89 Å². The monoisotopic (exact) mass is 279 g/mol. The van der Waals surface area contributed by atoms with Crippen molar-refractivity contribution in [2.45, 2.75) is 30.8 Å². The first-order valence-electron chi connectivity index (χ1n) is 6.18. The molecule has 0 radical (unpaired) electrons. The summed E-state index contributed by atoms with van der Waals surface area (Å²) in [5.41, 5.74) is 1.02. The summed E-state index contributed by atoms with van der Waals surface area (Å²) >= 11 is 1.58. The van der Waals surface area contributed by atoms with E-state index in [2.05, 4.69) is 15.5 Å². The summed E-state index contributed by atoms with van der Waals surface area (Å²) in [5.74, 6) is 1.97. The number of fused-ring (bicyclic) bond motifs is 1. The van der Waals surface area contributed by atoms with Crippen LogP contribution in [0, 0.1) is 12.7 Å². The van der Waals surface area contributed by atoms with Crippen LogP contribution in [0.25, 0.3) is 0 Å². The normalized spacial score (nSPS) is 18.3. The quantitative estimate of drug-likeness (QED) is 0.936. The molecule has 1 unspecified atom stereocenters. The molecule has 1 aromatic heterocycles. The number of thioether (sulfide) groups is 1. The number of halogens is 1. The van der Waals surface area contributed by atoms with E-state index in [4.69, 9.17) is 4.52 Å². The van der Waals surface area contributed by atoms with Crippen LogP contribution in [0.5, 0.6) is 0 Å². The van der Waals surface area contributed by atoms with Crippen molar-refractivity contribution in [3.8, 4) is 0 Å². The molecule has 0 spiro atoms. The SMILES string of the molecule is Cc1nc(CNC2CCSc3c(F)cccc32)no1. The molecule has 2 aromatic rings. The number of aryl methyl sites for hydroxylation is 1. The van der Waals surface area contributed by atoms with Crippen LogP contribution >= 0.6 is 11.8 Å². The molecule has 1 aromatic carbocycles. The smallest absolute Gasteiger partial charge is 0.223 e. The Labute approximate surface area is 114 Å². The first-order valence-corrected chi connectivity index (χ1v) is 7.16. The van der Waals surface area contributed by atoms with Gasteiger partial charge in [-0.3, -0.25) is 0 Å². The molecule has 3 rings (SSSR count). The maximum absolute atomic E-state index is 13.7. The molecule has 0 amide bonds. The number of nitrogens with one attached hydrogen (secondary N) is 1. The molecule has 0 aliphatic carbocycles. The minimum Gasteiger partial charge on any atom is -0.340 e. The highest BCUT2D eigenvalue weighted by atomic mass is 32.2. The van der Waals surface area contributed by atoms with E-state index >= 15 is 0 Å². The molecule has 0 saturated heterocycles. The van der Waals surface area contributed by atoms with E-state index in [1.54, 1.807) is 24.8 Å². The Morgan fingerprint density at radius 1 is 1.53 bits per heavy atom. The van der Waals surface area contributed by atoms with Crippen LogP contribution in [0.15, 0.2) is 27.6 Å². The fourth-order valence-electron chi connectivity index (χ4n) is 2.23. The summed E-state index contributed by atoms with van der Waals surface area (Å²) in [6.45, 7) is 2.29. The average molecular weight is 279 g/mol. The van der Waals surface area contributed by atoms with Crippen molar-refractivity contribution in [2.24, 2.45) is 0 Å². The molecule has 1 atom stereocenters. The third kappa shape index (κ3) is 2.64. The fourth-order valence-corrected chi connectivity index (χ4v) is 3.37. The summed E-state index contributed by atoms with van der Waals surface area (Å²) in [6, 6.07) is 5.39. The lowest BCUT2D eigenvalue weighted by atomic mass is 10.0. The summed E-state index contributed by atoms with van der Waals surface area (Å²) in [7, 11) is 0. The Kier molecular flexibility index (Phi) is 3.52. The average Bonchev–Trinajstić information content (AvgIpc) is 2.83. The zero-order valence-electron chi connectivity index (χ0n) is 10.5. The maximum Gasteiger partial charge on any atom is 0.223 e. The van der Waals surface area contributed by atoms with E-state index in [-0.39, 0.29) is 11.9 Å². The number of rotatable bonds is 3. The van der Waals surface area contributed by atoms with Crippen molar-refractivity contribution in [3.63, 3.8) is 0 Å². The highest BCUT2D eigenvalue weighted by Crippen LogP contribution is 2.37. The molecule has 4 nitrogen and oxygen atoms in total. The van der Waals surface area contributed by atoms with Crippen LogP contribution in [-0.4, -0.2) is 15.9 Å². The van der Waals surface area contributed by atoms with Gasteiger partial charge >= 0.3 is 0 Å². The molecule has 1 N–H and O–H groups in total. The molecule has 1 aliphatic heterocycles. The summed E-state index contributed by atoms with van der Waals surface area (Å²) in [4.78, 5) is 4.91. The lowest BCUT2D eigenvalue weighted by molar-refractivity contribution is 0.382. The van der Waals surface area contributed by atoms with E-state index in [0.717, 1.165) is 22.6 Å². The zero-order chi connectivity index (χ0) is 13.2. The topological polar surface area (TPSA) is 51.0 Å². The number of nitrogens with zero attached hydrogens (tertiary/aromatic N) is 2. The van der Waals surface area contributed by atoms with Gasteiger partial charge in [0.15, 0.2) is 5.82 Å². The van der Waals surface area contributed by atoms with Crippen molar-refractivity contribution in [1.29, 1.82) is 0 Å². The van der Waals surface area contributed by atoms with Gasteiger partial charge < -0.3 is 9.84 Å².